The number of hydrogen-bond donors (Lipinski definition) is 1. The quantitative estimate of drug-likeness (QED) is 0.783. The van der Waals surface area contributed by atoms with Gasteiger partial charge in [0.05, 0.1) is 12.6 Å². The van der Waals surface area contributed by atoms with Gasteiger partial charge in [-0.15, -0.1) is 0 Å². The van der Waals surface area contributed by atoms with Crippen molar-refractivity contribution >= 4 is 11.8 Å². The SMILES string of the molecule is CC[C@@H](C)[C@@H](N)C(=O)N1CCN(C(=O)CN2CCCC2)CC1. The number of carbonyl (C=O) groups excluding carboxylic acids is 2. The first kappa shape index (κ1) is 17.2. The maximum absolute atomic E-state index is 12.3. The molecule has 0 unspecified atom stereocenters. The van der Waals surface area contributed by atoms with Gasteiger partial charge in [-0.1, -0.05) is 20.3 Å². The largest absolute Gasteiger partial charge is 0.338 e. The van der Waals surface area contributed by atoms with Crippen LogP contribution in [0.4, 0.5) is 0 Å². The number of carbonyl (C=O) groups is 2. The lowest BCUT2D eigenvalue weighted by Gasteiger charge is -2.37. The molecule has 0 aromatic carbocycles. The van der Waals surface area contributed by atoms with Gasteiger partial charge in [0.2, 0.25) is 11.8 Å². The molecule has 2 aliphatic heterocycles. The molecule has 2 N–H and O–H groups in total. The molecule has 0 spiro atoms. The summed E-state index contributed by atoms with van der Waals surface area (Å²) in [6.07, 6.45) is 3.30. The first-order chi connectivity index (χ1) is 10.5. The molecule has 0 saturated carbocycles. The summed E-state index contributed by atoms with van der Waals surface area (Å²) in [5.74, 6) is 0.420. The fraction of sp³-hybridized carbons (Fsp3) is 0.875. The first-order valence-corrected chi connectivity index (χ1v) is 8.57. The Kier molecular flexibility index (Phi) is 6.20. The van der Waals surface area contributed by atoms with Crippen LogP contribution in [0.5, 0.6) is 0 Å². The number of likely N-dealkylation sites (tertiary alicyclic amines) is 1. The Hall–Kier alpha value is -1.14. The molecule has 0 aliphatic carbocycles. The predicted octanol–water partition coefficient (Wildman–Crippen LogP) is 0.126. The third-order valence-electron chi connectivity index (χ3n) is 5.04. The zero-order valence-electron chi connectivity index (χ0n) is 14.0. The van der Waals surface area contributed by atoms with Crippen molar-refractivity contribution in [1.82, 2.24) is 14.7 Å². The van der Waals surface area contributed by atoms with Gasteiger partial charge in [-0.25, -0.2) is 0 Å². The number of nitrogens with two attached hydrogens (primary N) is 1. The third-order valence-corrected chi connectivity index (χ3v) is 5.04. The Balaban J connectivity index is 1.77. The van der Waals surface area contributed by atoms with Gasteiger partial charge in [0.15, 0.2) is 0 Å². The summed E-state index contributed by atoms with van der Waals surface area (Å²) in [5.41, 5.74) is 6.03. The molecule has 2 aliphatic rings. The normalized spacial score (nSPS) is 22.7. The van der Waals surface area contributed by atoms with E-state index < -0.39 is 6.04 Å². The third kappa shape index (κ3) is 4.20. The van der Waals surface area contributed by atoms with Crippen LogP contribution in [-0.4, -0.2) is 78.4 Å². The van der Waals surface area contributed by atoms with Crippen LogP contribution in [-0.2, 0) is 9.59 Å². The lowest BCUT2D eigenvalue weighted by molar-refractivity contribution is -0.141. The van der Waals surface area contributed by atoms with Crippen molar-refractivity contribution in [2.24, 2.45) is 11.7 Å². The van der Waals surface area contributed by atoms with E-state index in [1.807, 2.05) is 23.6 Å². The van der Waals surface area contributed by atoms with Gasteiger partial charge in [0.1, 0.15) is 0 Å². The highest BCUT2D eigenvalue weighted by Crippen LogP contribution is 2.12. The standard InChI is InChI=1S/C16H30N4O2/c1-3-13(2)15(17)16(22)20-10-8-19(9-11-20)14(21)12-18-6-4-5-7-18/h13,15H,3-12,17H2,1-2H3/t13-,15-/m1/s1. The van der Waals surface area contributed by atoms with Gasteiger partial charge in [0.25, 0.3) is 0 Å². The van der Waals surface area contributed by atoms with Crippen molar-refractivity contribution in [2.45, 2.75) is 39.2 Å². The summed E-state index contributed by atoms with van der Waals surface area (Å²) in [6.45, 7) is 9.13. The second-order valence-corrected chi connectivity index (χ2v) is 6.60. The highest BCUT2D eigenvalue weighted by molar-refractivity contribution is 5.83. The molecule has 126 valence electrons. The minimum absolute atomic E-state index is 0.0287. The molecule has 2 atom stereocenters. The average Bonchev–Trinajstić information content (AvgIpc) is 3.05. The lowest BCUT2D eigenvalue weighted by Crippen LogP contribution is -2.56. The Labute approximate surface area is 133 Å². The monoisotopic (exact) mass is 310 g/mol. The molecule has 0 bridgehead atoms. The Morgan fingerprint density at radius 3 is 2.09 bits per heavy atom. The van der Waals surface area contributed by atoms with Crippen LogP contribution in [0, 0.1) is 5.92 Å². The van der Waals surface area contributed by atoms with Crippen LogP contribution in [0.3, 0.4) is 0 Å². The number of nitrogens with zero attached hydrogens (tertiary/aromatic N) is 3. The smallest absolute Gasteiger partial charge is 0.239 e. The Bertz CT molecular complexity index is 388. The average molecular weight is 310 g/mol. The predicted molar refractivity (Wildman–Crippen MR) is 86.3 cm³/mol. The fourth-order valence-corrected chi connectivity index (χ4v) is 3.12. The van der Waals surface area contributed by atoms with Crippen molar-refractivity contribution in [1.29, 1.82) is 0 Å². The molecule has 0 radical (unpaired) electrons. The topological polar surface area (TPSA) is 69.9 Å². The zero-order valence-corrected chi connectivity index (χ0v) is 14.0. The molecule has 22 heavy (non-hydrogen) atoms. The number of piperazine rings is 1. The van der Waals surface area contributed by atoms with E-state index in [1.165, 1.54) is 12.8 Å². The van der Waals surface area contributed by atoms with E-state index in [-0.39, 0.29) is 17.7 Å². The maximum atomic E-state index is 12.3. The van der Waals surface area contributed by atoms with Crippen molar-refractivity contribution in [3.8, 4) is 0 Å². The lowest BCUT2D eigenvalue weighted by atomic mass is 9.98. The Morgan fingerprint density at radius 1 is 1.00 bits per heavy atom. The molecule has 2 rings (SSSR count). The number of rotatable bonds is 5. The molecule has 6 heteroatoms. The highest BCUT2D eigenvalue weighted by atomic mass is 16.2. The van der Waals surface area contributed by atoms with E-state index in [1.54, 1.807) is 0 Å². The molecular formula is C16H30N4O2. The van der Waals surface area contributed by atoms with Crippen LogP contribution < -0.4 is 5.73 Å². The highest BCUT2D eigenvalue weighted by Gasteiger charge is 2.29. The van der Waals surface area contributed by atoms with Crippen LogP contribution >= 0.6 is 0 Å². The van der Waals surface area contributed by atoms with Crippen LogP contribution in [0.2, 0.25) is 0 Å². The summed E-state index contributed by atoms with van der Waals surface area (Å²) < 4.78 is 0. The maximum Gasteiger partial charge on any atom is 0.239 e. The molecule has 2 saturated heterocycles. The molecule has 2 amide bonds. The summed E-state index contributed by atoms with van der Waals surface area (Å²) >= 11 is 0. The van der Waals surface area contributed by atoms with Crippen molar-refractivity contribution < 1.29 is 9.59 Å². The summed E-state index contributed by atoms with van der Waals surface area (Å²) in [6, 6.07) is -0.420. The van der Waals surface area contributed by atoms with Crippen LogP contribution in [0.15, 0.2) is 0 Å². The second-order valence-electron chi connectivity index (χ2n) is 6.60. The fourth-order valence-electron chi connectivity index (χ4n) is 3.12. The number of amides is 2. The van der Waals surface area contributed by atoms with E-state index in [2.05, 4.69) is 4.90 Å². The summed E-state index contributed by atoms with van der Waals surface area (Å²) in [4.78, 5) is 30.5. The van der Waals surface area contributed by atoms with E-state index >= 15 is 0 Å². The second kappa shape index (κ2) is 7.92. The van der Waals surface area contributed by atoms with Gasteiger partial charge in [-0.2, -0.15) is 0 Å². The molecule has 2 fully saturated rings. The van der Waals surface area contributed by atoms with Gasteiger partial charge < -0.3 is 15.5 Å². The zero-order chi connectivity index (χ0) is 16.1. The molecule has 6 nitrogen and oxygen atoms in total. The summed E-state index contributed by atoms with van der Waals surface area (Å²) in [7, 11) is 0. The number of hydrogen-bond acceptors (Lipinski definition) is 4. The van der Waals surface area contributed by atoms with Gasteiger partial charge in [-0.3, -0.25) is 14.5 Å². The van der Waals surface area contributed by atoms with Crippen molar-refractivity contribution in [3.05, 3.63) is 0 Å². The summed E-state index contributed by atoms with van der Waals surface area (Å²) in [5, 5.41) is 0. The van der Waals surface area contributed by atoms with Crippen LogP contribution in [0.1, 0.15) is 33.1 Å². The minimum atomic E-state index is -0.420. The Morgan fingerprint density at radius 2 is 1.55 bits per heavy atom. The van der Waals surface area contributed by atoms with E-state index in [4.69, 9.17) is 5.73 Å². The van der Waals surface area contributed by atoms with Crippen LogP contribution in [0.25, 0.3) is 0 Å². The van der Waals surface area contributed by atoms with Gasteiger partial charge in [0, 0.05) is 26.2 Å². The molecule has 0 aromatic rings. The minimum Gasteiger partial charge on any atom is -0.338 e. The molecule has 0 aromatic heterocycles. The van der Waals surface area contributed by atoms with Crippen molar-refractivity contribution in [2.75, 3.05) is 45.8 Å². The van der Waals surface area contributed by atoms with Gasteiger partial charge >= 0.3 is 0 Å². The van der Waals surface area contributed by atoms with E-state index in [0.29, 0.717) is 32.7 Å². The first-order valence-electron chi connectivity index (χ1n) is 8.57. The van der Waals surface area contributed by atoms with E-state index in [0.717, 1.165) is 19.5 Å². The van der Waals surface area contributed by atoms with Crippen molar-refractivity contribution in [3.63, 3.8) is 0 Å². The van der Waals surface area contributed by atoms with E-state index in [9.17, 15) is 9.59 Å². The van der Waals surface area contributed by atoms with Gasteiger partial charge in [-0.05, 0) is 31.8 Å². The molecule has 2 heterocycles. The molecular weight excluding hydrogens is 280 g/mol.